The molecule has 3 aliphatic heterocycles. The topological polar surface area (TPSA) is 92.4 Å². The van der Waals surface area contributed by atoms with Crippen molar-refractivity contribution in [1.82, 2.24) is 25.2 Å². The largest absolute Gasteiger partial charge is 0.461 e. The van der Waals surface area contributed by atoms with Crippen LogP contribution in [0.4, 0.5) is 42.4 Å². The van der Waals surface area contributed by atoms with E-state index in [0.29, 0.717) is 0 Å². The monoisotopic (exact) mass is 625 g/mol. The van der Waals surface area contributed by atoms with Gasteiger partial charge < -0.3 is 20.7 Å². The van der Waals surface area contributed by atoms with Crippen LogP contribution in [0.15, 0.2) is 24.3 Å². The fourth-order valence-electron chi connectivity index (χ4n) is 6.81. The predicted octanol–water partition coefficient (Wildman–Crippen LogP) is 5.45. The molecule has 0 aliphatic carbocycles. The van der Waals surface area contributed by atoms with Gasteiger partial charge in [0.05, 0.1) is 22.4 Å². The lowest BCUT2D eigenvalue weighted by Crippen LogP contribution is -2.50. The second-order valence-corrected chi connectivity index (χ2v) is 11.5. The minimum absolute atomic E-state index is 0.00785. The van der Waals surface area contributed by atoms with Crippen molar-refractivity contribution < 1.29 is 35.5 Å². The van der Waals surface area contributed by atoms with Crippen LogP contribution in [0.3, 0.4) is 0 Å². The molecule has 0 amide bonds. The molecule has 1 atom stereocenters. The van der Waals surface area contributed by atoms with Gasteiger partial charge in [0.25, 0.3) is 6.08 Å². The number of ether oxygens (including phenoxy) is 1. The van der Waals surface area contributed by atoms with E-state index in [9.17, 15) is 22.0 Å². The minimum atomic E-state index is -5.00. The van der Waals surface area contributed by atoms with Crippen LogP contribution in [0.25, 0.3) is 22.2 Å². The first-order valence-electron chi connectivity index (χ1n) is 14.3. The van der Waals surface area contributed by atoms with E-state index in [1.54, 1.807) is 4.90 Å². The molecule has 3 aromatic rings. The highest BCUT2D eigenvalue weighted by atomic mass is 19.4. The molecular weight excluding hydrogens is 595 g/mol. The number of anilines is 2. The van der Waals surface area contributed by atoms with E-state index in [2.05, 4.69) is 25.2 Å². The highest BCUT2D eigenvalue weighted by Crippen LogP contribution is 2.43. The molecule has 0 spiro atoms. The number of piperazine rings is 1. The Balaban J connectivity index is 1.51. The number of hydrogen-bond acceptors (Lipinski definition) is 8. The van der Waals surface area contributed by atoms with Crippen molar-refractivity contribution in [1.29, 1.82) is 0 Å². The molecule has 3 N–H and O–H groups in total. The first-order chi connectivity index (χ1) is 20.9. The van der Waals surface area contributed by atoms with Gasteiger partial charge in [0.15, 0.2) is 5.82 Å². The fraction of sp³-hybridized carbons (Fsp3) is 0.483. The van der Waals surface area contributed by atoms with Gasteiger partial charge in [-0.05, 0) is 69.5 Å². The van der Waals surface area contributed by atoms with Gasteiger partial charge in [0.1, 0.15) is 29.6 Å². The number of nitrogens with zero attached hydrogens (tertiary/aromatic N) is 5. The third-order valence-corrected chi connectivity index (χ3v) is 8.71. The Hall–Kier alpha value is -3.72. The number of hydrogen-bond donors (Lipinski definition) is 2. The van der Waals surface area contributed by atoms with Gasteiger partial charge in [-0.25, -0.2) is 13.8 Å². The third-order valence-electron chi connectivity index (χ3n) is 8.71. The lowest BCUT2D eigenvalue weighted by molar-refractivity contribution is -0.137. The molecule has 236 valence electrons. The van der Waals surface area contributed by atoms with Gasteiger partial charge in [0.2, 0.25) is 0 Å². The third kappa shape index (κ3) is 5.51. The summed E-state index contributed by atoms with van der Waals surface area (Å²) < 4.78 is 107. The maximum Gasteiger partial charge on any atom is 0.418 e. The standard InChI is InChI=1S/C29H30F7N7O/c1-15-10-20(37)39-25(22(15)29(34,35)36)21-18(30)12-17-24(23(21)33)40-27(44-14-28-4-2-7-43(28)8-3-5-28)41-26(17)42-9-6-38-16(13-42)11-19(31)32/h10-12,16,38H,2-9,13-14H2,1H3,(H2,37,39). The van der Waals surface area contributed by atoms with Crippen LogP contribution >= 0.6 is 0 Å². The summed E-state index contributed by atoms with van der Waals surface area (Å²) in [6.07, 6.45) is -2.42. The SMILES string of the molecule is Cc1cc(N)nc(-c2c(F)cc3c(N4CCNC(C=C(F)F)C4)nc(OCC45CCCN4CCC5)nc3c2F)c1C(F)(F)F. The lowest BCUT2D eigenvalue weighted by atomic mass is 9.95. The normalized spacial score (nSPS) is 20.3. The molecule has 0 bridgehead atoms. The number of halogens is 7. The molecule has 1 unspecified atom stereocenters. The van der Waals surface area contributed by atoms with Crippen LogP contribution in [0.1, 0.15) is 36.8 Å². The molecule has 0 saturated carbocycles. The average molecular weight is 626 g/mol. The van der Waals surface area contributed by atoms with Gasteiger partial charge >= 0.3 is 12.2 Å². The summed E-state index contributed by atoms with van der Waals surface area (Å²) in [5, 5.41) is 2.78. The van der Waals surface area contributed by atoms with Gasteiger partial charge in [-0.3, -0.25) is 4.90 Å². The molecular formula is C29H30F7N7O. The Labute approximate surface area is 248 Å². The second-order valence-electron chi connectivity index (χ2n) is 11.5. The van der Waals surface area contributed by atoms with E-state index in [1.807, 2.05) is 0 Å². The number of nitrogens with one attached hydrogen (secondary N) is 1. The van der Waals surface area contributed by atoms with Gasteiger partial charge in [-0.1, -0.05) is 0 Å². The average Bonchev–Trinajstić information content (AvgIpc) is 3.51. The number of alkyl halides is 3. The zero-order valence-corrected chi connectivity index (χ0v) is 23.7. The van der Waals surface area contributed by atoms with Crippen LogP contribution in [-0.4, -0.2) is 70.8 Å². The van der Waals surface area contributed by atoms with Gasteiger partial charge in [-0.15, -0.1) is 0 Å². The molecule has 6 rings (SSSR count). The zero-order valence-electron chi connectivity index (χ0n) is 23.7. The summed E-state index contributed by atoms with van der Waals surface area (Å²) in [7, 11) is 0. The number of rotatable bonds is 6. The van der Waals surface area contributed by atoms with Crippen LogP contribution in [0.5, 0.6) is 6.01 Å². The summed E-state index contributed by atoms with van der Waals surface area (Å²) in [4.78, 5) is 16.3. The first-order valence-corrected chi connectivity index (χ1v) is 14.3. The van der Waals surface area contributed by atoms with E-state index in [4.69, 9.17) is 10.5 Å². The molecule has 2 aromatic heterocycles. The quantitative estimate of drug-likeness (QED) is 0.350. The zero-order chi connectivity index (χ0) is 31.4. The van der Waals surface area contributed by atoms with Crippen molar-refractivity contribution in [3.8, 4) is 17.3 Å². The van der Waals surface area contributed by atoms with Gasteiger partial charge in [0, 0.05) is 31.1 Å². The van der Waals surface area contributed by atoms with E-state index >= 15 is 8.78 Å². The molecule has 15 heteroatoms. The highest BCUT2D eigenvalue weighted by molar-refractivity contribution is 5.94. The Morgan fingerprint density at radius 1 is 1.11 bits per heavy atom. The molecule has 0 radical (unpaired) electrons. The van der Waals surface area contributed by atoms with E-state index < -0.39 is 52.3 Å². The van der Waals surface area contributed by atoms with Crippen molar-refractivity contribution in [2.45, 2.75) is 50.4 Å². The second kappa shape index (κ2) is 11.3. The maximum absolute atomic E-state index is 16.4. The summed E-state index contributed by atoms with van der Waals surface area (Å²) in [5.74, 6) is -3.09. The van der Waals surface area contributed by atoms with Crippen molar-refractivity contribution >= 4 is 22.5 Å². The van der Waals surface area contributed by atoms with Crippen molar-refractivity contribution in [2.24, 2.45) is 0 Å². The number of aromatic nitrogens is 3. The predicted molar refractivity (Wildman–Crippen MR) is 149 cm³/mol. The van der Waals surface area contributed by atoms with E-state index in [-0.39, 0.29) is 60.4 Å². The van der Waals surface area contributed by atoms with Crippen LogP contribution < -0.4 is 20.7 Å². The van der Waals surface area contributed by atoms with E-state index in [0.717, 1.165) is 63.9 Å². The number of nitrogen functional groups attached to an aromatic ring is 1. The lowest BCUT2D eigenvalue weighted by Gasteiger charge is -2.34. The molecule has 3 saturated heterocycles. The Morgan fingerprint density at radius 3 is 2.52 bits per heavy atom. The highest BCUT2D eigenvalue weighted by Gasteiger charge is 2.45. The Bertz CT molecular complexity index is 1620. The van der Waals surface area contributed by atoms with Crippen molar-refractivity contribution in [3.05, 3.63) is 47.1 Å². The fourth-order valence-corrected chi connectivity index (χ4v) is 6.81. The number of fused-ring (bicyclic) bond motifs is 2. The number of benzene rings is 1. The van der Waals surface area contributed by atoms with Crippen molar-refractivity contribution in [2.75, 3.05) is 50.0 Å². The number of nitrogens with two attached hydrogens (primary N) is 1. The Morgan fingerprint density at radius 2 is 1.84 bits per heavy atom. The molecule has 8 nitrogen and oxygen atoms in total. The molecule has 1 aromatic carbocycles. The minimum Gasteiger partial charge on any atom is -0.461 e. The number of aryl methyl sites for hydroxylation is 1. The van der Waals surface area contributed by atoms with Crippen LogP contribution in [0, 0.1) is 18.6 Å². The molecule has 3 fully saturated rings. The molecule has 3 aliphatic rings. The smallest absolute Gasteiger partial charge is 0.418 e. The maximum atomic E-state index is 16.4. The summed E-state index contributed by atoms with van der Waals surface area (Å²) in [6.45, 7) is 3.61. The first kappa shape index (κ1) is 30.3. The summed E-state index contributed by atoms with van der Waals surface area (Å²) >= 11 is 0. The van der Waals surface area contributed by atoms with Crippen LogP contribution in [-0.2, 0) is 6.18 Å². The summed E-state index contributed by atoms with van der Waals surface area (Å²) in [6, 6.07) is 0.756. The number of pyridine rings is 1. The van der Waals surface area contributed by atoms with Gasteiger partial charge in [-0.2, -0.15) is 31.9 Å². The Kier molecular flexibility index (Phi) is 7.80. The molecule has 5 heterocycles. The molecule has 44 heavy (non-hydrogen) atoms. The van der Waals surface area contributed by atoms with E-state index in [1.165, 1.54) is 0 Å². The van der Waals surface area contributed by atoms with Crippen LogP contribution in [0.2, 0.25) is 0 Å². The summed E-state index contributed by atoms with van der Waals surface area (Å²) in [5.41, 5.74) is 1.23. The van der Waals surface area contributed by atoms with Crippen molar-refractivity contribution in [3.63, 3.8) is 0 Å².